The minimum Gasteiger partial charge on any atom is -0.461 e. The van der Waals surface area contributed by atoms with Crippen LogP contribution in [-0.2, 0) is 4.74 Å². The van der Waals surface area contributed by atoms with Gasteiger partial charge in [0.1, 0.15) is 6.61 Å². The van der Waals surface area contributed by atoms with Crippen molar-refractivity contribution in [1.29, 1.82) is 0 Å². The predicted octanol–water partition coefficient (Wildman–Crippen LogP) is 4.66. The number of hydrogen-bond donors (Lipinski definition) is 0. The Kier molecular flexibility index (Phi) is 3.43. The summed E-state index contributed by atoms with van der Waals surface area (Å²) >= 11 is 0. The molecule has 0 N–H and O–H groups in total. The summed E-state index contributed by atoms with van der Waals surface area (Å²) in [6, 6.07) is 25.8. The highest BCUT2D eigenvalue weighted by atomic mass is 16.5. The van der Waals surface area contributed by atoms with Crippen molar-refractivity contribution in [2.75, 3.05) is 6.61 Å². The Bertz CT molecular complexity index is 807. The summed E-state index contributed by atoms with van der Waals surface area (Å²) in [5, 5.41) is 0. The molecule has 0 saturated carbocycles. The molecule has 2 nitrogen and oxygen atoms in total. The van der Waals surface area contributed by atoms with Gasteiger partial charge in [0.05, 0.1) is 5.56 Å². The van der Waals surface area contributed by atoms with Crippen LogP contribution in [0.2, 0.25) is 0 Å². The molecular weight excluding hydrogens is 284 g/mol. The lowest BCUT2D eigenvalue weighted by Crippen LogP contribution is -2.12. The number of esters is 1. The van der Waals surface area contributed by atoms with Crippen LogP contribution in [0.1, 0.15) is 27.4 Å². The topological polar surface area (TPSA) is 26.3 Å². The van der Waals surface area contributed by atoms with E-state index in [1.807, 2.05) is 42.5 Å². The molecule has 4 rings (SSSR count). The quantitative estimate of drug-likeness (QED) is 0.658. The molecule has 3 aromatic carbocycles. The largest absolute Gasteiger partial charge is 0.461 e. The molecule has 3 aromatic rings. The molecule has 0 saturated heterocycles. The molecule has 0 aliphatic heterocycles. The molecule has 0 spiro atoms. The van der Waals surface area contributed by atoms with Crippen LogP contribution in [-0.4, -0.2) is 12.6 Å². The first-order chi connectivity index (χ1) is 11.3. The van der Waals surface area contributed by atoms with Gasteiger partial charge >= 0.3 is 5.97 Å². The van der Waals surface area contributed by atoms with Crippen LogP contribution in [0.25, 0.3) is 11.1 Å². The molecule has 23 heavy (non-hydrogen) atoms. The van der Waals surface area contributed by atoms with Gasteiger partial charge in [0, 0.05) is 5.92 Å². The molecule has 0 bridgehead atoms. The van der Waals surface area contributed by atoms with E-state index < -0.39 is 0 Å². The lowest BCUT2D eigenvalue weighted by atomic mass is 9.98. The van der Waals surface area contributed by atoms with E-state index in [0.717, 1.165) is 0 Å². The second-order valence-corrected chi connectivity index (χ2v) is 5.69. The second kappa shape index (κ2) is 5.73. The highest BCUT2D eigenvalue weighted by Crippen LogP contribution is 2.44. The van der Waals surface area contributed by atoms with E-state index in [1.165, 1.54) is 22.3 Å². The molecule has 112 valence electrons. The maximum Gasteiger partial charge on any atom is 0.338 e. The lowest BCUT2D eigenvalue weighted by Gasteiger charge is -2.14. The Balaban J connectivity index is 1.61. The van der Waals surface area contributed by atoms with Crippen molar-refractivity contribution in [3.8, 4) is 11.1 Å². The van der Waals surface area contributed by atoms with E-state index in [-0.39, 0.29) is 11.9 Å². The minimum atomic E-state index is -0.271. The van der Waals surface area contributed by atoms with Gasteiger partial charge in [-0.05, 0) is 34.4 Å². The molecule has 1 aliphatic carbocycles. The predicted molar refractivity (Wildman–Crippen MR) is 90.4 cm³/mol. The van der Waals surface area contributed by atoms with Crippen molar-refractivity contribution in [2.45, 2.75) is 5.92 Å². The average molecular weight is 300 g/mol. The number of fused-ring (bicyclic) bond motifs is 3. The molecule has 0 fully saturated rings. The van der Waals surface area contributed by atoms with Gasteiger partial charge in [-0.2, -0.15) is 0 Å². The maximum atomic E-state index is 12.2. The molecule has 0 radical (unpaired) electrons. The summed E-state index contributed by atoms with van der Waals surface area (Å²) in [4.78, 5) is 12.2. The number of carbonyl (C=O) groups is 1. The van der Waals surface area contributed by atoms with Gasteiger partial charge in [-0.25, -0.2) is 4.79 Å². The van der Waals surface area contributed by atoms with Gasteiger partial charge in [0.2, 0.25) is 0 Å². The number of rotatable bonds is 3. The van der Waals surface area contributed by atoms with Gasteiger partial charge < -0.3 is 4.74 Å². The zero-order chi connectivity index (χ0) is 15.6. The third kappa shape index (κ3) is 2.42. The number of ether oxygens (including phenoxy) is 1. The van der Waals surface area contributed by atoms with E-state index in [0.29, 0.717) is 12.2 Å². The first-order valence-corrected chi connectivity index (χ1v) is 7.75. The van der Waals surface area contributed by atoms with Crippen molar-refractivity contribution in [3.63, 3.8) is 0 Å². The summed E-state index contributed by atoms with van der Waals surface area (Å²) in [7, 11) is 0. The minimum absolute atomic E-state index is 0.107. The normalized spacial score (nSPS) is 12.5. The lowest BCUT2D eigenvalue weighted by molar-refractivity contribution is 0.0493. The molecule has 0 heterocycles. The average Bonchev–Trinajstić information content (AvgIpc) is 2.94. The molecule has 2 heteroatoms. The van der Waals surface area contributed by atoms with Crippen molar-refractivity contribution in [2.24, 2.45) is 0 Å². The second-order valence-electron chi connectivity index (χ2n) is 5.69. The molecule has 0 unspecified atom stereocenters. The molecular formula is C21H16O2. The highest BCUT2D eigenvalue weighted by molar-refractivity contribution is 5.89. The molecule has 1 aliphatic rings. The molecule has 0 atom stereocenters. The third-order valence-electron chi connectivity index (χ3n) is 4.35. The fraction of sp³-hybridized carbons (Fsp3) is 0.0952. The number of hydrogen-bond acceptors (Lipinski definition) is 2. The Morgan fingerprint density at radius 1 is 0.739 bits per heavy atom. The van der Waals surface area contributed by atoms with Crippen LogP contribution < -0.4 is 0 Å². The van der Waals surface area contributed by atoms with Crippen molar-refractivity contribution in [3.05, 3.63) is 95.6 Å². The summed E-state index contributed by atoms with van der Waals surface area (Å²) in [6.45, 7) is 0.363. The van der Waals surface area contributed by atoms with Gasteiger partial charge in [-0.3, -0.25) is 0 Å². The Labute approximate surface area is 135 Å². The Hall–Kier alpha value is -2.87. The molecule has 0 aromatic heterocycles. The zero-order valence-corrected chi connectivity index (χ0v) is 12.6. The number of carbonyl (C=O) groups excluding carboxylic acids is 1. The van der Waals surface area contributed by atoms with E-state index in [1.54, 1.807) is 12.1 Å². The van der Waals surface area contributed by atoms with E-state index >= 15 is 0 Å². The fourth-order valence-corrected chi connectivity index (χ4v) is 3.26. The first kappa shape index (κ1) is 13.8. The fourth-order valence-electron chi connectivity index (χ4n) is 3.26. The highest BCUT2D eigenvalue weighted by Gasteiger charge is 2.29. The SMILES string of the molecule is O=C(OCC1c2ccccc2-c2ccccc21)c1ccccc1. The zero-order valence-electron chi connectivity index (χ0n) is 12.6. The van der Waals surface area contributed by atoms with Crippen LogP contribution in [0.5, 0.6) is 0 Å². The van der Waals surface area contributed by atoms with Crippen LogP contribution >= 0.6 is 0 Å². The van der Waals surface area contributed by atoms with Crippen LogP contribution in [0.15, 0.2) is 78.9 Å². The van der Waals surface area contributed by atoms with Crippen LogP contribution in [0, 0.1) is 0 Å². The Morgan fingerprint density at radius 3 is 1.87 bits per heavy atom. The van der Waals surface area contributed by atoms with E-state index in [4.69, 9.17) is 4.74 Å². The summed E-state index contributed by atoms with van der Waals surface area (Å²) in [6.07, 6.45) is 0. The van der Waals surface area contributed by atoms with Crippen molar-refractivity contribution >= 4 is 5.97 Å². The van der Waals surface area contributed by atoms with Crippen molar-refractivity contribution < 1.29 is 9.53 Å². The summed E-state index contributed by atoms with van der Waals surface area (Å²) in [5.74, 6) is -0.164. The van der Waals surface area contributed by atoms with Gasteiger partial charge in [-0.15, -0.1) is 0 Å². The standard InChI is InChI=1S/C21H16O2/c22-21(15-8-2-1-3-9-15)23-14-20-18-12-6-4-10-16(18)17-11-5-7-13-19(17)20/h1-13,20H,14H2. The van der Waals surface area contributed by atoms with Crippen LogP contribution in [0.3, 0.4) is 0 Å². The van der Waals surface area contributed by atoms with E-state index in [2.05, 4.69) is 24.3 Å². The smallest absolute Gasteiger partial charge is 0.338 e. The van der Waals surface area contributed by atoms with Crippen molar-refractivity contribution in [1.82, 2.24) is 0 Å². The van der Waals surface area contributed by atoms with E-state index in [9.17, 15) is 4.79 Å². The monoisotopic (exact) mass is 300 g/mol. The summed E-state index contributed by atoms with van der Waals surface area (Å²) in [5.41, 5.74) is 5.53. The van der Waals surface area contributed by atoms with Gasteiger partial charge in [-0.1, -0.05) is 66.7 Å². The number of benzene rings is 3. The summed E-state index contributed by atoms with van der Waals surface area (Å²) < 4.78 is 5.59. The maximum absolute atomic E-state index is 12.2. The van der Waals surface area contributed by atoms with Gasteiger partial charge in [0.15, 0.2) is 0 Å². The third-order valence-corrected chi connectivity index (χ3v) is 4.35. The molecule has 0 amide bonds. The van der Waals surface area contributed by atoms with Gasteiger partial charge in [0.25, 0.3) is 0 Å². The van der Waals surface area contributed by atoms with Crippen LogP contribution in [0.4, 0.5) is 0 Å². The first-order valence-electron chi connectivity index (χ1n) is 7.75. The Morgan fingerprint density at radius 2 is 1.26 bits per heavy atom.